The summed E-state index contributed by atoms with van der Waals surface area (Å²) in [6.45, 7) is 3.51. The van der Waals surface area contributed by atoms with Crippen molar-refractivity contribution < 1.29 is 4.79 Å². The first-order valence-corrected chi connectivity index (χ1v) is 6.04. The van der Waals surface area contributed by atoms with Crippen molar-refractivity contribution in [3.63, 3.8) is 0 Å². The van der Waals surface area contributed by atoms with Crippen LogP contribution in [0.1, 0.15) is 19.8 Å². The van der Waals surface area contributed by atoms with Crippen LogP contribution in [0.4, 0.5) is 0 Å². The maximum atomic E-state index is 11.2. The summed E-state index contributed by atoms with van der Waals surface area (Å²) >= 11 is 1.81. The Kier molecular flexibility index (Phi) is 4.59. The monoisotopic (exact) mass is 202 g/mol. The van der Waals surface area contributed by atoms with E-state index in [0.29, 0.717) is 17.8 Å². The van der Waals surface area contributed by atoms with Crippen LogP contribution in [0.2, 0.25) is 0 Å². The maximum absolute atomic E-state index is 11.2. The molecular formula is C9H18N2OS. The van der Waals surface area contributed by atoms with Gasteiger partial charge < -0.3 is 10.6 Å². The van der Waals surface area contributed by atoms with Crippen LogP contribution < -0.4 is 10.6 Å². The lowest BCUT2D eigenvalue weighted by Gasteiger charge is -2.09. The molecule has 0 heterocycles. The smallest absolute Gasteiger partial charge is 0.234 e. The van der Waals surface area contributed by atoms with Crippen LogP contribution in [-0.4, -0.2) is 36.5 Å². The predicted octanol–water partition coefficient (Wildman–Crippen LogP) is 0.606. The highest BCUT2D eigenvalue weighted by Crippen LogP contribution is 2.18. The summed E-state index contributed by atoms with van der Waals surface area (Å²) in [6, 6.07) is 0.479. The normalized spacial score (nSPS) is 18.3. The molecule has 3 nitrogen and oxygen atoms in total. The van der Waals surface area contributed by atoms with Crippen molar-refractivity contribution in [3.05, 3.63) is 0 Å². The molecule has 0 aromatic rings. The Morgan fingerprint density at radius 2 is 2.31 bits per heavy atom. The van der Waals surface area contributed by atoms with E-state index >= 15 is 0 Å². The quantitative estimate of drug-likeness (QED) is 0.663. The standard InChI is InChI=1S/C9H18N2OS/c1-7(13-2)5-10-6-9(12)11-8-3-4-8/h7-8,10H,3-6H2,1-2H3,(H,11,12). The summed E-state index contributed by atoms with van der Waals surface area (Å²) in [5, 5.41) is 6.65. The molecule has 1 atom stereocenters. The zero-order valence-electron chi connectivity index (χ0n) is 8.30. The van der Waals surface area contributed by atoms with Gasteiger partial charge in [-0.1, -0.05) is 6.92 Å². The van der Waals surface area contributed by atoms with Crippen molar-refractivity contribution in [2.45, 2.75) is 31.1 Å². The van der Waals surface area contributed by atoms with Gasteiger partial charge in [0.1, 0.15) is 0 Å². The molecule has 1 fully saturated rings. The highest BCUT2D eigenvalue weighted by atomic mass is 32.2. The number of carbonyl (C=O) groups is 1. The van der Waals surface area contributed by atoms with Crippen LogP contribution >= 0.6 is 11.8 Å². The second-order valence-corrected chi connectivity index (χ2v) is 4.80. The lowest BCUT2D eigenvalue weighted by atomic mass is 10.4. The van der Waals surface area contributed by atoms with Crippen LogP contribution in [0, 0.1) is 0 Å². The number of amides is 1. The largest absolute Gasteiger partial charge is 0.352 e. The van der Waals surface area contributed by atoms with Crippen LogP contribution in [0.5, 0.6) is 0 Å². The Balaban J connectivity index is 1.94. The molecule has 0 saturated heterocycles. The third kappa shape index (κ3) is 5.16. The summed E-state index contributed by atoms with van der Waals surface area (Å²) in [6.07, 6.45) is 4.40. The minimum absolute atomic E-state index is 0.135. The van der Waals surface area contributed by atoms with Crippen molar-refractivity contribution >= 4 is 17.7 Å². The van der Waals surface area contributed by atoms with Crippen LogP contribution in [0.3, 0.4) is 0 Å². The van der Waals surface area contributed by atoms with Crippen molar-refractivity contribution in [3.8, 4) is 0 Å². The van der Waals surface area contributed by atoms with E-state index in [9.17, 15) is 4.79 Å². The van der Waals surface area contributed by atoms with E-state index in [2.05, 4.69) is 23.8 Å². The average molecular weight is 202 g/mol. The SMILES string of the molecule is CSC(C)CNCC(=O)NC1CC1. The topological polar surface area (TPSA) is 41.1 Å². The van der Waals surface area contributed by atoms with Crippen LogP contribution in [-0.2, 0) is 4.79 Å². The van der Waals surface area contributed by atoms with Gasteiger partial charge in [-0.3, -0.25) is 4.79 Å². The van der Waals surface area contributed by atoms with Crippen molar-refractivity contribution in [1.82, 2.24) is 10.6 Å². The molecular weight excluding hydrogens is 184 g/mol. The first-order valence-electron chi connectivity index (χ1n) is 4.75. The van der Waals surface area contributed by atoms with E-state index in [-0.39, 0.29) is 5.91 Å². The number of rotatable bonds is 6. The first-order chi connectivity index (χ1) is 6.22. The molecule has 0 spiro atoms. The molecule has 2 N–H and O–H groups in total. The van der Waals surface area contributed by atoms with Crippen molar-refractivity contribution in [2.75, 3.05) is 19.3 Å². The van der Waals surface area contributed by atoms with E-state index in [1.54, 1.807) is 0 Å². The van der Waals surface area contributed by atoms with Gasteiger partial charge in [-0.25, -0.2) is 0 Å². The van der Waals surface area contributed by atoms with Gasteiger partial charge in [0.15, 0.2) is 0 Å². The fourth-order valence-electron chi connectivity index (χ4n) is 0.979. The summed E-state index contributed by atoms with van der Waals surface area (Å²) in [4.78, 5) is 11.2. The van der Waals surface area contributed by atoms with Crippen molar-refractivity contribution in [1.29, 1.82) is 0 Å². The third-order valence-corrected chi connectivity index (χ3v) is 3.03. The predicted molar refractivity (Wildman–Crippen MR) is 57.0 cm³/mol. The minimum Gasteiger partial charge on any atom is -0.352 e. The number of nitrogens with one attached hydrogen (secondary N) is 2. The maximum Gasteiger partial charge on any atom is 0.234 e. The van der Waals surface area contributed by atoms with Crippen LogP contribution in [0.25, 0.3) is 0 Å². The van der Waals surface area contributed by atoms with Gasteiger partial charge in [0, 0.05) is 17.8 Å². The molecule has 4 heteroatoms. The van der Waals surface area contributed by atoms with E-state index in [4.69, 9.17) is 0 Å². The highest BCUT2D eigenvalue weighted by molar-refractivity contribution is 7.99. The first kappa shape index (κ1) is 10.9. The fraction of sp³-hybridized carbons (Fsp3) is 0.889. The number of hydrogen-bond donors (Lipinski definition) is 2. The highest BCUT2D eigenvalue weighted by Gasteiger charge is 2.22. The van der Waals surface area contributed by atoms with E-state index in [0.717, 1.165) is 19.4 Å². The molecule has 1 aliphatic carbocycles. The second-order valence-electron chi connectivity index (χ2n) is 3.52. The van der Waals surface area contributed by atoms with Gasteiger partial charge >= 0.3 is 0 Å². The fourth-order valence-corrected chi connectivity index (χ4v) is 1.26. The van der Waals surface area contributed by atoms with E-state index < -0.39 is 0 Å². The van der Waals surface area contributed by atoms with Gasteiger partial charge in [0.05, 0.1) is 6.54 Å². The molecule has 13 heavy (non-hydrogen) atoms. The Morgan fingerprint density at radius 3 is 2.85 bits per heavy atom. The summed E-state index contributed by atoms with van der Waals surface area (Å²) < 4.78 is 0. The van der Waals surface area contributed by atoms with Gasteiger partial charge in [-0.05, 0) is 19.1 Å². The lowest BCUT2D eigenvalue weighted by molar-refractivity contribution is -0.120. The zero-order valence-corrected chi connectivity index (χ0v) is 9.12. The Bertz CT molecular complexity index is 171. The molecule has 0 aromatic carbocycles. The second kappa shape index (κ2) is 5.50. The van der Waals surface area contributed by atoms with E-state index in [1.807, 2.05) is 11.8 Å². The van der Waals surface area contributed by atoms with Gasteiger partial charge in [0.2, 0.25) is 5.91 Å². The average Bonchev–Trinajstić information content (AvgIpc) is 2.88. The molecule has 1 amide bonds. The summed E-state index contributed by atoms with van der Waals surface area (Å²) in [5.41, 5.74) is 0. The van der Waals surface area contributed by atoms with Crippen LogP contribution in [0.15, 0.2) is 0 Å². The molecule has 1 rings (SSSR count). The Hall–Kier alpha value is -0.220. The number of thioether (sulfide) groups is 1. The van der Waals surface area contributed by atoms with Crippen molar-refractivity contribution in [2.24, 2.45) is 0 Å². The van der Waals surface area contributed by atoms with E-state index in [1.165, 1.54) is 0 Å². The molecule has 0 radical (unpaired) electrons. The zero-order chi connectivity index (χ0) is 9.68. The number of hydrogen-bond acceptors (Lipinski definition) is 3. The van der Waals surface area contributed by atoms with Gasteiger partial charge in [-0.15, -0.1) is 0 Å². The third-order valence-electron chi connectivity index (χ3n) is 2.06. The van der Waals surface area contributed by atoms with Gasteiger partial charge in [0.25, 0.3) is 0 Å². The molecule has 0 bridgehead atoms. The summed E-state index contributed by atoms with van der Waals surface area (Å²) in [7, 11) is 0. The molecule has 1 aliphatic rings. The molecule has 76 valence electrons. The Morgan fingerprint density at radius 1 is 1.62 bits per heavy atom. The molecule has 1 saturated carbocycles. The molecule has 0 aliphatic heterocycles. The molecule has 0 aromatic heterocycles. The van der Waals surface area contributed by atoms with Gasteiger partial charge in [-0.2, -0.15) is 11.8 Å². The minimum atomic E-state index is 0.135. The summed E-state index contributed by atoms with van der Waals surface area (Å²) in [5.74, 6) is 0.135. The number of carbonyl (C=O) groups excluding carboxylic acids is 1. The Labute approximate surface area is 84.0 Å². The lowest BCUT2D eigenvalue weighted by Crippen LogP contribution is -2.37. The molecule has 1 unspecified atom stereocenters.